The van der Waals surface area contributed by atoms with Crippen molar-refractivity contribution >= 4 is 70.1 Å². The zero-order valence-electron chi connectivity index (χ0n) is 39.2. The molecule has 1 unspecified atom stereocenters. The molecule has 1 heterocycles. The number of carbonyl (C=O) groups is 4. The monoisotopic (exact) mass is 969 g/mol. The molecule has 14 nitrogen and oxygen atoms in total. The number of anilines is 1. The molecule has 0 spiro atoms. The fourth-order valence-electron chi connectivity index (χ4n) is 9.15. The van der Waals surface area contributed by atoms with E-state index in [1.54, 1.807) is 19.6 Å². The van der Waals surface area contributed by atoms with Crippen molar-refractivity contribution < 1.29 is 39.6 Å². The van der Waals surface area contributed by atoms with E-state index in [9.17, 15) is 39.6 Å². The largest absolute Gasteiger partial charge is 0.480 e. The third-order valence-electron chi connectivity index (χ3n) is 12.5. The molecule has 68 heavy (non-hydrogen) atoms. The fraction of sp³-hybridized carbons (Fsp3) is 0.442. The Morgan fingerprint density at radius 1 is 0.515 bits per heavy atom. The number of rotatable bonds is 25. The molecule has 5 rings (SSSR count). The minimum Gasteiger partial charge on any atom is -0.480 e. The van der Waals surface area contributed by atoms with Gasteiger partial charge < -0.3 is 31.1 Å². The lowest BCUT2D eigenvalue weighted by Gasteiger charge is -2.37. The predicted octanol–water partition coefficient (Wildman–Crippen LogP) is 5.56. The molecule has 0 radical (unpaired) electrons. The van der Waals surface area contributed by atoms with Crippen LogP contribution in [0.3, 0.4) is 0 Å². The Labute approximate surface area is 407 Å². The molecular formula is C52H70N6O8PS+. The lowest BCUT2D eigenvalue weighted by atomic mass is 10.0. The van der Waals surface area contributed by atoms with Crippen molar-refractivity contribution in [2.75, 3.05) is 90.0 Å². The zero-order chi connectivity index (χ0) is 48.6. The first kappa shape index (κ1) is 53.7. The van der Waals surface area contributed by atoms with Crippen molar-refractivity contribution in [2.45, 2.75) is 63.8 Å². The standard InChI is InChI=1S/C52H69N6O8PS/c59-48(60)38-55-29-30-56(39-49(61)62)33-34-58(41-51(65)66)44(37-57(32-31-55)40-50(63)64)36-42-24-26-43(27-25-42)54-52(68)53-28-16-5-3-1-2-4-6-17-35-67(45-18-10-7-11-19-45,46-20-12-8-13-21-46)47-22-14-9-15-23-47/h7-15,18-27,44H,1-6,16-17,28-41H2,(H5-,53,54,59,60,61,62,63,64,65,66,68)/p+1. The summed E-state index contributed by atoms with van der Waals surface area (Å²) in [5, 5.41) is 50.2. The molecule has 1 aliphatic heterocycles. The molecule has 0 aromatic heterocycles. The summed E-state index contributed by atoms with van der Waals surface area (Å²) in [7, 11) is -1.78. The number of nitrogens with one attached hydrogen (secondary N) is 2. The van der Waals surface area contributed by atoms with Gasteiger partial charge in [-0.25, -0.2) is 0 Å². The number of aliphatic carboxylic acids is 4. The summed E-state index contributed by atoms with van der Waals surface area (Å²) in [5.41, 5.74) is 1.69. The van der Waals surface area contributed by atoms with Gasteiger partial charge in [0.15, 0.2) is 5.11 Å². The SMILES string of the molecule is O=C(O)CN1CCN(CC(=O)O)CCN(CC(=O)O)C(Cc2ccc(NC(=S)NCCCCCCCCCC[P+](c3ccccc3)(c3ccccc3)c3ccccc3)cc2)CN(CC(=O)O)CC1. The molecule has 1 aliphatic rings. The van der Waals surface area contributed by atoms with E-state index in [1.807, 2.05) is 24.3 Å². The maximum atomic E-state index is 12.1. The maximum Gasteiger partial charge on any atom is 0.317 e. The van der Waals surface area contributed by atoms with E-state index < -0.39 is 37.2 Å². The minimum atomic E-state index is -1.78. The highest BCUT2D eigenvalue weighted by Crippen LogP contribution is 2.56. The van der Waals surface area contributed by atoms with Crippen LogP contribution in [0.1, 0.15) is 56.9 Å². The molecule has 0 amide bonds. The summed E-state index contributed by atoms with van der Waals surface area (Å²) in [6.45, 7) is 1.20. The first-order valence-corrected chi connectivity index (χ1v) is 26.3. The third kappa shape index (κ3) is 18.3. The van der Waals surface area contributed by atoms with Crippen LogP contribution in [-0.2, 0) is 25.6 Å². The van der Waals surface area contributed by atoms with Gasteiger partial charge in [-0.15, -0.1) is 0 Å². The first-order valence-electron chi connectivity index (χ1n) is 23.9. The van der Waals surface area contributed by atoms with Gasteiger partial charge in [0.05, 0.1) is 32.3 Å². The van der Waals surface area contributed by atoms with Gasteiger partial charge in [0.25, 0.3) is 0 Å². The van der Waals surface area contributed by atoms with E-state index in [1.165, 1.54) is 54.4 Å². The Morgan fingerprint density at radius 3 is 1.40 bits per heavy atom. The van der Waals surface area contributed by atoms with Crippen LogP contribution in [0.2, 0.25) is 0 Å². The number of unbranched alkanes of at least 4 members (excludes halogenated alkanes) is 7. The lowest BCUT2D eigenvalue weighted by molar-refractivity contribution is -0.142. The Bertz CT molecular complexity index is 2060. The highest BCUT2D eigenvalue weighted by Gasteiger charge is 2.44. The highest BCUT2D eigenvalue weighted by atomic mass is 32.1. The summed E-state index contributed by atoms with van der Waals surface area (Å²) in [4.78, 5) is 54.2. The topological polar surface area (TPSA) is 186 Å². The van der Waals surface area contributed by atoms with Crippen LogP contribution in [0.15, 0.2) is 115 Å². The Balaban J connectivity index is 1.07. The molecule has 0 bridgehead atoms. The lowest BCUT2D eigenvalue weighted by Crippen LogP contribution is -2.53. The second-order valence-corrected chi connectivity index (χ2v) is 21.7. The highest BCUT2D eigenvalue weighted by molar-refractivity contribution is 7.95. The maximum absolute atomic E-state index is 12.1. The predicted molar refractivity (Wildman–Crippen MR) is 277 cm³/mol. The van der Waals surface area contributed by atoms with Crippen LogP contribution in [-0.4, -0.2) is 160 Å². The summed E-state index contributed by atoms with van der Waals surface area (Å²) >= 11 is 5.61. The quantitative estimate of drug-likeness (QED) is 0.0276. The zero-order valence-corrected chi connectivity index (χ0v) is 40.9. The summed E-state index contributed by atoms with van der Waals surface area (Å²) in [6, 6.07) is 40.5. The third-order valence-corrected chi connectivity index (χ3v) is 17.3. The second kappa shape index (κ2) is 28.9. The molecule has 0 saturated carbocycles. The molecule has 4 aromatic carbocycles. The molecule has 1 fully saturated rings. The average molecular weight is 970 g/mol. The number of thiocarbonyl (C=S) groups is 1. The van der Waals surface area contributed by atoms with Gasteiger partial charge in [-0.1, -0.05) is 98.8 Å². The molecule has 4 aromatic rings. The average Bonchev–Trinajstić information content (AvgIpc) is 3.31. The van der Waals surface area contributed by atoms with Crippen LogP contribution >= 0.6 is 19.5 Å². The normalized spacial score (nSPS) is 16.0. The van der Waals surface area contributed by atoms with E-state index in [0.29, 0.717) is 11.5 Å². The van der Waals surface area contributed by atoms with Crippen molar-refractivity contribution in [2.24, 2.45) is 0 Å². The van der Waals surface area contributed by atoms with Crippen LogP contribution in [0.25, 0.3) is 0 Å². The molecule has 366 valence electrons. The van der Waals surface area contributed by atoms with Crippen molar-refractivity contribution in [3.8, 4) is 0 Å². The Kier molecular flexibility index (Phi) is 22.8. The second-order valence-electron chi connectivity index (χ2n) is 17.6. The van der Waals surface area contributed by atoms with E-state index in [2.05, 4.69) is 102 Å². The smallest absolute Gasteiger partial charge is 0.317 e. The van der Waals surface area contributed by atoms with Gasteiger partial charge in [0, 0.05) is 64.1 Å². The first-order chi connectivity index (χ1) is 32.9. The Morgan fingerprint density at radius 2 is 0.926 bits per heavy atom. The van der Waals surface area contributed by atoms with Crippen molar-refractivity contribution in [1.29, 1.82) is 0 Å². The van der Waals surface area contributed by atoms with E-state index >= 15 is 0 Å². The fourth-order valence-corrected chi connectivity index (χ4v) is 13.8. The molecular weight excluding hydrogens is 900 g/mol. The van der Waals surface area contributed by atoms with Gasteiger partial charge in [0.1, 0.15) is 23.2 Å². The number of hydrogen-bond donors (Lipinski definition) is 6. The summed E-state index contributed by atoms with van der Waals surface area (Å²) < 4.78 is 0. The number of carboxylic acid groups (broad SMARTS) is 4. The van der Waals surface area contributed by atoms with Crippen molar-refractivity contribution in [3.05, 3.63) is 121 Å². The van der Waals surface area contributed by atoms with E-state index in [-0.39, 0.29) is 72.0 Å². The van der Waals surface area contributed by atoms with Gasteiger partial charge >= 0.3 is 23.9 Å². The molecule has 1 atom stereocenters. The molecule has 6 N–H and O–H groups in total. The van der Waals surface area contributed by atoms with Crippen LogP contribution in [0.4, 0.5) is 5.69 Å². The number of benzene rings is 4. The van der Waals surface area contributed by atoms with Gasteiger partial charge in [-0.3, -0.25) is 38.8 Å². The number of nitrogens with zero attached hydrogens (tertiary/aromatic N) is 4. The van der Waals surface area contributed by atoms with Gasteiger partial charge in [0.2, 0.25) is 0 Å². The van der Waals surface area contributed by atoms with Crippen LogP contribution < -0.4 is 26.5 Å². The van der Waals surface area contributed by atoms with E-state index in [4.69, 9.17) is 12.2 Å². The number of hydrogen-bond acceptors (Lipinski definition) is 9. The van der Waals surface area contributed by atoms with Gasteiger partial charge in [-0.05, 0) is 92.0 Å². The minimum absolute atomic E-state index is 0.203. The molecule has 1 saturated heterocycles. The van der Waals surface area contributed by atoms with Crippen molar-refractivity contribution in [1.82, 2.24) is 24.9 Å². The summed E-state index contributed by atoms with van der Waals surface area (Å²) in [5.74, 6) is -4.19. The van der Waals surface area contributed by atoms with E-state index in [0.717, 1.165) is 36.8 Å². The molecule has 16 heteroatoms. The van der Waals surface area contributed by atoms with Crippen LogP contribution in [0, 0.1) is 0 Å². The van der Waals surface area contributed by atoms with Crippen LogP contribution in [0.5, 0.6) is 0 Å². The Hall–Kier alpha value is -5.28. The summed E-state index contributed by atoms with van der Waals surface area (Å²) in [6.07, 6.45) is 11.0. The molecule has 0 aliphatic carbocycles. The van der Waals surface area contributed by atoms with Gasteiger partial charge in [-0.2, -0.15) is 0 Å². The van der Waals surface area contributed by atoms with Crippen molar-refractivity contribution in [3.63, 3.8) is 0 Å². The number of carboxylic acids is 4.